The molecule has 0 atom stereocenters. The summed E-state index contributed by atoms with van der Waals surface area (Å²) < 4.78 is 13.2. The zero-order valence-electron chi connectivity index (χ0n) is 19.9. The number of rotatable bonds is 2. The van der Waals surface area contributed by atoms with Crippen LogP contribution in [0.2, 0.25) is 0 Å². The largest absolute Gasteiger partial charge is 0.495 e. The second-order valence-corrected chi connectivity index (χ2v) is 11.4. The quantitative estimate of drug-likeness (QED) is 0.563. The summed E-state index contributed by atoms with van der Waals surface area (Å²) in [5.41, 5.74) is 5.47. The van der Waals surface area contributed by atoms with Crippen LogP contribution in [0.1, 0.15) is 80.4 Å². The monoisotopic (exact) mass is 392 g/mol. The first-order valence-corrected chi connectivity index (χ1v) is 10.7. The van der Waals surface area contributed by atoms with Crippen molar-refractivity contribution in [1.82, 2.24) is 0 Å². The van der Waals surface area contributed by atoms with E-state index in [9.17, 15) is 0 Å². The maximum Gasteiger partial charge on any atom is 0.495 e. The smallest absolute Gasteiger partial charge is 0.399 e. The molecule has 0 aromatic heterocycles. The Kier molecular flexibility index (Phi) is 5.33. The van der Waals surface area contributed by atoms with Crippen LogP contribution in [-0.2, 0) is 20.1 Å². The van der Waals surface area contributed by atoms with Gasteiger partial charge in [-0.3, -0.25) is 0 Å². The predicted molar refractivity (Wildman–Crippen MR) is 125 cm³/mol. The molecule has 2 aromatic rings. The van der Waals surface area contributed by atoms with Gasteiger partial charge < -0.3 is 9.31 Å². The van der Waals surface area contributed by atoms with Gasteiger partial charge in [-0.2, -0.15) is 0 Å². The molecule has 1 saturated heterocycles. The molecule has 1 aliphatic rings. The molecule has 2 aromatic carbocycles. The summed E-state index contributed by atoms with van der Waals surface area (Å²) in [5, 5.41) is 0. The number of hydrogen-bond acceptors (Lipinski definition) is 2. The van der Waals surface area contributed by atoms with E-state index in [1.54, 1.807) is 0 Å². The molecule has 0 radical (unpaired) electrons. The van der Waals surface area contributed by atoms with Crippen molar-refractivity contribution in [2.24, 2.45) is 0 Å². The lowest BCUT2D eigenvalue weighted by Gasteiger charge is -2.33. The molecule has 0 N–H and O–H groups in total. The van der Waals surface area contributed by atoms with Gasteiger partial charge in [0, 0.05) is 0 Å². The topological polar surface area (TPSA) is 18.5 Å². The lowest BCUT2D eigenvalue weighted by atomic mass is 9.62. The fourth-order valence-electron chi connectivity index (χ4n) is 4.15. The van der Waals surface area contributed by atoms with E-state index in [4.69, 9.17) is 9.31 Å². The molecular formula is C26H37BO2. The first-order chi connectivity index (χ1) is 13.2. The zero-order chi connectivity index (χ0) is 21.8. The second kappa shape index (κ2) is 6.99. The van der Waals surface area contributed by atoms with Crippen LogP contribution in [0.4, 0.5) is 0 Å². The van der Waals surface area contributed by atoms with Crippen LogP contribution in [0.5, 0.6) is 0 Å². The van der Waals surface area contributed by atoms with E-state index >= 15 is 0 Å². The van der Waals surface area contributed by atoms with Gasteiger partial charge in [0.1, 0.15) is 0 Å². The number of benzene rings is 2. The molecule has 0 unspecified atom stereocenters. The van der Waals surface area contributed by atoms with Gasteiger partial charge in [-0.25, -0.2) is 0 Å². The summed E-state index contributed by atoms with van der Waals surface area (Å²) in [7, 11) is -0.382. The maximum atomic E-state index is 6.59. The average Bonchev–Trinajstić information content (AvgIpc) is 2.80. The Morgan fingerprint density at radius 2 is 1.21 bits per heavy atom. The predicted octanol–water partition coefficient (Wildman–Crippen LogP) is 6.25. The standard InChI is InChI=1S/C26H37BO2/c1-23(2,3)20-17-16-19(18-14-12-11-13-15-18)21(24(4,5)6)22(20)27-28-25(7,8)26(9,10)29-27/h11-17H,1-10H3. The van der Waals surface area contributed by atoms with Crippen LogP contribution in [0, 0.1) is 0 Å². The van der Waals surface area contributed by atoms with Gasteiger partial charge in [0.25, 0.3) is 0 Å². The van der Waals surface area contributed by atoms with E-state index in [1.165, 1.54) is 27.7 Å². The Balaban J connectivity index is 2.35. The second-order valence-electron chi connectivity index (χ2n) is 11.4. The van der Waals surface area contributed by atoms with Crippen LogP contribution in [0.3, 0.4) is 0 Å². The third-order valence-electron chi connectivity index (χ3n) is 6.38. The molecule has 0 saturated carbocycles. The van der Waals surface area contributed by atoms with Crippen molar-refractivity contribution in [3.8, 4) is 11.1 Å². The molecule has 2 nitrogen and oxygen atoms in total. The molecule has 1 heterocycles. The Hall–Kier alpha value is -1.58. The lowest BCUT2D eigenvalue weighted by Crippen LogP contribution is -2.45. The lowest BCUT2D eigenvalue weighted by molar-refractivity contribution is 0.00578. The van der Waals surface area contributed by atoms with Crippen molar-refractivity contribution in [3.05, 3.63) is 53.6 Å². The molecule has 29 heavy (non-hydrogen) atoms. The minimum Gasteiger partial charge on any atom is -0.399 e. The molecule has 0 aliphatic carbocycles. The SMILES string of the molecule is CC(C)(C)c1ccc(-c2ccccc2)c(C(C)(C)C)c1B1OC(C)(C)C(C)(C)O1. The zero-order valence-corrected chi connectivity index (χ0v) is 19.9. The molecule has 0 bridgehead atoms. The molecular weight excluding hydrogens is 355 g/mol. The summed E-state index contributed by atoms with van der Waals surface area (Å²) in [5.74, 6) is 0. The molecule has 0 spiro atoms. The minimum absolute atomic E-state index is 0.0197. The third kappa shape index (κ3) is 4.05. The maximum absolute atomic E-state index is 6.59. The summed E-state index contributed by atoms with van der Waals surface area (Å²) in [6.45, 7) is 22.2. The van der Waals surface area contributed by atoms with Crippen molar-refractivity contribution < 1.29 is 9.31 Å². The van der Waals surface area contributed by atoms with Crippen LogP contribution < -0.4 is 5.46 Å². The summed E-state index contributed by atoms with van der Waals surface area (Å²) in [4.78, 5) is 0. The Morgan fingerprint density at radius 1 is 0.690 bits per heavy atom. The molecule has 1 fully saturated rings. The highest BCUT2D eigenvalue weighted by atomic mass is 16.7. The van der Waals surface area contributed by atoms with Crippen molar-refractivity contribution in [3.63, 3.8) is 0 Å². The Morgan fingerprint density at radius 3 is 1.66 bits per heavy atom. The first-order valence-electron chi connectivity index (χ1n) is 10.7. The fourth-order valence-corrected chi connectivity index (χ4v) is 4.15. The van der Waals surface area contributed by atoms with Crippen molar-refractivity contribution in [1.29, 1.82) is 0 Å². The molecule has 1 aliphatic heterocycles. The van der Waals surface area contributed by atoms with E-state index in [2.05, 4.69) is 112 Å². The summed E-state index contributed by atoms with van der Waals surface area (Å²) in [6, 6.07) is 15.2. The van der Waals surface area contributed by atoms with E-state index in [-0.39, 0.29) is 29.2 Å². The normalized spacial score (nSPS) is 18.9. The minimum atomic E-state index is -0.382. The average molecular weight is 392 g/mol. The van der Waals surface area contributed by atoms with Crippen molar-refractivity contribution in [2.75, 3.05) is 0 Å². The van der Waals surface area contributed by atoms with E-state index < -0.39 is 0 Å². The summed E-state index contributed by atoms with van der Waals surface area (Å²) in [6.07, 6.45) is 0. The van der Waals surface area contributed by atoms with Crippen molar-refractivity contribution in [2.45, 2.75) is 91.3 Å². The van der Waals surface area contributed by atoms with E-state index in [0.717, 1.165) is 0 Å². The van der Waals surface area contributed by atoms with Crippen molar-refractivity contribution >= 4 is 12.6 Å². The highest BCUT2D eigenvalue weighted by molar-refractivity contribution is 6.63. The number of hydrogen-bond donors (Lipinski definition) is 0. The molecule has 156 valence electrons. The van der Waals surface area contributed by atoms with Gasteiger partial charge in [-0.1, -0.05) is 84.0 Å². The third-order valence-corrected chi connectivity index (χ3v) is 6.38. The van der Waals surface area contributed by atoms with Gasteiger partial charge in [0.2, 0.25) is 0 Å². The Bertz CT molecular complexity index is 867. The van der Waals surface area contributed by atoms with Crippen LogP contribution in [-0.4, -0.2) is 18.3 Å². The summed E-state index contributed by atoms with van der Waals surface area (Å²) >= 11 is 0. The van der Waals surface area contributed by atoms with Gasteiger partial charge in [-0.05, 0) is 66.2 Å². The van der Waals surface area contributed by atoms with Gasteiger partial charge in [0.05, 0.1) is 11.2 Å². The van der Waals surface area contributed by atoms with Gasteiger partial charge in [0.15, 0.2) is 0 Å². The van der Waals surface area contributed by atoms with Gasteiger partial charge in [-0.15, -0.1) is 0 Å². The fraction of sp³-hybridized carbons (Fsp3) is 0.538. The van der Waals surface area contributed by atoms with E-state index in [0.29, 0.717) is 0 Å². The molecule has 3 heteroatoms. The van der Waals surface area contributed by atoms with Crippen LogP contribution >= 0.6 is 0 Å². The van der Waals surface area contributed by atoms with E-state index in [1.807, 2.05) is 0 Å². The van der Waals surface area contributed by atoms with Crippen LogP contribution in [0.15, 0.2) is 42.5 Å². The Labute approximate surface area is 178 Å². The molecule has 0 amide bonds. The first kappa shape index (κ1) is 22.1. The van der Waals surface area contributed by atoms with Gasteiger partial charge >= 0.3 is 7.12 Å². The van der Waals surface area contributed by atoms with Crippen LogP contribution in [0.25, 0.3) is 11.1 Å². The molecule has 3 rings (SSSR count). The highest BCUT2D eigenvalue weighted by Crippen LogP contribution is 2.41. The highest BCUT2D eigenvalue weighted by Gasteiger charge is 2.53.